The van der Waals surface area contributed by atoms with E-state index < -0.39 is 17.9 Å². The minimum absolute atomic E-state index is 0.0791. The average molecular weight is 449 g/mol. The molecule has 3 rings (SSSR count). The van der Waals surface area contributed by atoms with Gasteiger partial charge in [-0.05, 0) is 30.2 Å². The molecule has 0 aliphatic rings. The molecule has 2 heterocycles. The maximum atomic E-state index is 12.3. The number of nitrogen functional groups attached to an aromatic ring is 2. The number of carboxylic acids is 1. The molecule has 9 nitrogen and oxygen atoms in total. The van der Waals surface area contributed by atoms with Gasteiger partial charge in [-0.15, -0.1) is 11.3 Å². The number of hydrogen-bond donors (Lipinski definition) is 5. The van der Waals surface area contributed by atoms with Crippen molar-refractivity contribution in [2.75, 3.05) is 16.8 Å². The number of nitrogens with two attached hydrogens (primary N) is 2. The van der Waals surface area contributed by atoms with Crippen molar-refractivity contribution in [1.29, 1.82) is 0 Å². The first kappa shape index (κ1) is 21.6. The summed E-state index contributed by atoms with van der Waals surface area (Å²) in [7, 11) is 0. The highest BCUT2D eigenvalue weighted by Gasteiger charge is 2.20. The van der Waals surface area contributed by atoms with Crippen LogP contribution in [0.4, 0.5) is 16.8 Å². The van der Waals surface area contributed by atoms with Gasteiger partial charge in [0.05, 0.1) is 25.8 Å². The smallest absolute Gasteiger partial charge is 0.326 e. The second kappa shape index (κ2) is 9.14. The third-order valence-corrected chi connectivity index (χ3v) is 5.86. The van der Waals surface area contributed by atoms with Crippen molar-refractivity contribution < 1.29 is 14.7 Å². The number of carboxylic acid groups (broad SMARTS) is 1. The fourth-order valence-electron chi connectivity index (χ4n) is 2.92. The largest absolute Gasteiger partial charge is 0.480 e. The number of benzene rings is 1. The monoisotopic (exact) mass is 448 g/mol. The molecule has 0 fully saturated rings. The molecule has 1 atom stereocenters. The van der Waals surface area contributed by atoms with Crippen LogP contribution in [0.25, 0.3) is 10.9 Å². The summed E-state index contributed by atoms with van der Waals surface area (Å²) in [6.45, 7) is 2.25. The van der Waals surface area contributed by atoms with Crippen LogP contribution in [0.2, 0.25) is 5.02 Å². The van der Waals surface area contributed by atoms with E-state index in [0.29, 0.717) is 40.2 Å². The maximum absolute atomic E-state index is 12.3. The zero-order valence-corrected chi connectivity index (χ0v) is 17.7. The topological polar surface area (TPSA) is 156 Å². The molecule has 0 radical (unpaired) electrons. The number of carbonyl (C=O) groups excluding carboxylic acids is 1. The molecule has 1 amide bonds. The van der Waals surface area contributed by atoms with E-state index >= 15 is 0 Å². The van der Waals surface area contributed by atoms with Crippen LogP contribution in [0.15, 0.2) is 24.3 Å². The Morgan fingerprint density at radius 2 is 2.00 bits per heavy atom. The first-order chi connectivity index (χ1) is 14.3. The summed E-state index contributed by atoms with van der Waals surface area (Å²) in [6, 6.07) is 6.07. The number of nitrogens with zero attached hydrogens (tertiary/aromatic N) is 2. The Labute approximate surface area is 181 Å². The summed E-state index contributed by atoms with van der Waals surface area (Å²) in [5.41, 5.74) is 12.9. The summed E-state index contributed by atoms with van der Waals surface area (Å²) >= 11 is 7.70. The van der Waals surface area contributed by atoms with E-state index in [1.807, 2.05) is 13.0 Å². The van der Waals surface area contributed by atoms with E-state index in [1.54, 1.807) is 18.2 Å². The van der Waals surface area contributed by atoms with Crippen molar-refractivity contribution in [2.24, 2.45) is 0 Å². The minimum atomic E-state index is -1.05. The number of aromatic nitrogens is 2. The number of rotatable bonds is 8. The Kier molecular flexibility index (Phi) is 6.58. The number of carbonyl (C=O) groups is 2. The number of fused-ring (bicyclic) bond motifs is 1. The van der Waals surface area contributed by atoms with Gasteiger partial charge in [-0.25, -0.2) is 9.78 Å². The number of nitrogens with one attached hydrogen (secondary N) is 2. The Bertz CT molecular complexity index is 1100. The normalized spacial score (nSPS) is 11.9. The quantitative estimate of drug-likeness (QED) is 0.351. The van der Waals surface area contributed by atoms with E-state index in [2.05, 4.69) is 20.6 Å². The van der Waals surface area contributed by atoms with Gasteiger partial charge >= 0.3 is 5.97 Å². The second-order valence-electron chi connectivity index (χ2n) is 6.57. The zero-order chi connectivity index (χ0) is 21.8. The molecule has 11 heteroatoms. The minimum Gasteiger partial charge on any atom is -0.480 e. The molecule has 1 unspecified atom stereocenters. The van der Waals surface area contributed by atoms with Gasteiger partial charge in [0.25, 0.3) is 5.91 Å². The molecule has 158 valence electrons. The first-order valence-corrected chi connectivity index (χ1v) is 10.4. The predicted molar refractivity (Wildman–Crippen MR) is 119 cm³/mol. The van der Waals surface area contributed by atoms with Crippen LogP contribution in [0, 0.1) is 0 Å². The lowest BCUT2D eigenvalue weighted by Gasteiger charge is -2.12. The Morgan fingerprint density at radius 1 is 1.23 bits per heavy atom. The van der Waals surface area contributed by atoms with Crippen molar-refractivity contribution >= 4 is 62.5 Å². The van der Waals surface area contributed by atoms with Gasteiger partial charge in [-0.3, -0.25) is 4.79 Å². The number of amides is 1. The number of aliphatic carboxylic acids is 1. The molecular formula is C19H21ClN6O3S. The molecule has 0 bridgehead atoms. The van der Waals surface area contributed by atoms with Gasteiger partial charge in [0.15, 0.2) is 0 Å². The summed E-state index contributed by atoms with van der Waals surface area (Å²) < 4.78 is 0. The van der Waals surface area contributed by atoms with Crippen LogP contribution in [0.5, 0.6) is 0 Å². The van der Waals surface area contributed by atoms with Crippen LogP contribution < -0.4 is 22.1 Å². The van der Waals surface area contributed by atoms with E-state index in [4.69, 9.17) is 23.1 Å². The van der Waals surface area contributed by atoms with E-state index in [1.165, 1.54) is 11.3 Å². The molecule has 7 N–H and O–H groups in total. The molecular weight excluding hydrogens is 428 g/mol. The van der Waals surface area contributed by atoms with Gasteiger partial charge in [0.2, 0.25) is 5.95 Å². The predicted octanol–water partition coefficient (Wildman–Crippen LogP) is 3.10. The highest BCUT2D eigenvalue weighted by molar-refractivity contribution is 7.17. The molecule has 0 spiro atoms. The molecule has 2 aromatic heterocycles. The SMILES string of the molecule is CCCC(NC(=O)c1ccc(NCc2ccc3nc(N)nc(N)c3c2Cl)s1)C(=O)O. The summed E-state index contributed by atoms with van der Waals surface area (Å²) in [5, 5.41) is 16.6. The molecule has 3 aromatic rings. The third kappa shape index (κ3) is 4.71. The Balaban J connectivity index is 1.70. The van der Waals surface area contributed by atoms with Gasteiger partial charge in [-0.1, -0.05) is 31.0 Å². The molecule has 0 saturated heterocycles. The van der Waals surface area contributed by atoms with Crippen LogP contribution in [0.1, 0.15) is 35.0 Å². The second-order valence-corrected chi connectivity index (χ2v) is 8.03. The van der Waals surface area contributed by atoms with Crippen molar-refractivity contribution in [3.63, 3.8) is 0 Å². The van der Waals surface area contributed by atoms with E-state index in [0.717, 1.165) is 10.6 Å². The highest BCUT2D eigenvalue weighted by Crippen LogP contribution is 2.31. The summed E-state index contributed by atoms with van der Waals surface area (Å²) in [4.78, 5) is 32.1. The lowest BCUT2D eigenvalue weighted by Crippen LogP contribution is -2.40. The van der Waals surface area contributed by atoms with Crippen molar-refractivity contribution in [3.8, 4) is 0 Å². The zero-order valence-electron chi connectivity index (χ0n) is 16.1. The van der Waals surface area contributed by atoms with Gasteiger partial charge in [0.1, 0.15) is 11.9 Å². The summed E-state index contributed by atoms with van der Waals surface area (Å²) in [6.07, 6.45) is 1.03. The first-order valence-electron chi connectivity index (χ1n) is 9.17. The lowest BCUT2D eigenvalue weighted by molar-refractivity contribution is -0.139. The van der Waals surface area contributed by atoms with Crippen LogP contribution in [-0.4, -0.2) is 33.0 Å². The molecule has 30 heavy (non-hydrogen) atoms. The fraction of sp³-hybridized carbons (Fsp3) is 0.263. The van der Waals surface area contributed by atoms with Gasteiger partial charge in [-0.2, -0.15) is 4.98 Å². The molecule has 0 aliphatic carbocycles. The third-order valence-electron chi connectivity index (χ3n) is 4.39. The fourth-order valence-corrected chi connectivity index (χ4v) is 4.05. The van der Waals surface area contributed by atoms with Crippen LogP contribution in [-0.2, 0) is 11.3 Å². The maximum Gasteiger partial charge on any atom is 0.326 e. The Morgan fingerprint density at radius 3 is 2.70 bits per heavy atom. The number of thiophene rings is 1. The molecule has 0 aliphatic heterocycles. The van der Waals surface area contributed by atoms with Crippen molar-refractivity contribution in [3.05, 3.63) is 39.7 Å². The Hall–Kier alpha value is -3.11. The van der Waals surface area contributed by atoms with Crippen LogP contribution >= 0.6 is 22.9 Å². The van der Waals surface area contributed by atoms with E-state index in [9.17, 15) is 14.7 Å². The summed E-state index contributed by atoms with van der Waals surface area (Å²) in [5.74, 6) is -1.17. The number of halogens is 1. The van der Waals surface area contributed by atoms with Gasteiger partial charge in [0, 0.05) is 6.54 Å². The van der Waals surface area contributed by atoms with Crippen molar-refractivity contribution in [2.45, 2.75) is 32.4 Å². The molecule has 0 saturated carbocycles. The number of hydrogen-bond acceptors (Lipinski definition) is 8. The van der Waals surface area contributed by atoms with E-state index in [-0.39, 0.29) is 11.8 Å². The standard InChI is InChI=1S/C19H21ClN6O3S/c1-2-3-11(18(28)29)24-17(27)12-6-7-13(30-12)23-8-9-4-5-10-14(15(9)20)16(21)26-19(22)25-10/h4-7,11,23H,2-3,8H2,1H3,(H,24,27)(H,28,29)(H4,21,22,25,26). The lowest BCUT2D eigenvalue weighted by atomic mass is 10.1. The van der Waals surface area contributed by atoms with Crippen LogP contribution in [0.3, 0.4) is 0 Å². The van der Waals surface area contributed by atoms with Gasteiger partial charge < -0.3 is 27.2 Å². The number of anilines is 3. The average Bonchev–Trinajstić information content (AvgIpc) is 3.15. The van der Waals surface area contributed by atoms with Crippen molar-refractivity contribution in [1.82, 2.24) is 15.3 Å². The highest BCUT2D eigenvalue weighted by atomic mass is 35.5. The molecule has 1 aromatic carbocycles.